The van der Waals surface area contributed by atoms with Crippen LogP contribution in [0, 0.1) is 11.6 Å². The number of fused-ring (bicyclic) bond motifs is 1. The topological polar surface area (TPSA) is 79.4 Å². The highest BCUT2D eigenvalue weighted by atomic mass is 32.1. The molecule has 1 N–H and O–H groups in total. The lowest BCUT2D eigenvalue weighted by molar-refractivity contribution is -0.138. The average Bonchev–Trinajstić information content (AvgIpc) is 3.01. The largest absolute Gasteiger partial charge is 0.302 e. The third-order valence-electron chi connectivity index (χ3n) is 3.39. The molecule has 1 aromatic heterocycles. The fourth-order valence-electron chi connectivity index (χ4n) is 2.24. The maximum Gasteiger partial charge on any atom is 0.229 e. The Hall–Kier alpha value is -2.42. The molecule has 0 aliphatic carbocycles. The second-order valence-electron chi connectivity index (χ2n) is 4.99. The van der Waals surface area contributed by atoms with Gasteiger partial charge < -0.3 is 5.32 Å². The number of thiazole rings is 1. The van der Waals surface area contributed by atoms with Crippen LogP contribution in [0.15, 0.2) is 12.1 Å². The first-order valence-electron chi connectivity index (χ1n) is 6.82. The summed E-state index contributed by atoms with van der Waals surface area (Å²) in [6, 6.07) is 1.97. The third kappa shape index (κ3) is 3.19. The summed E-state index contributed by atoms with van der Waals surface area (Å²) >= 11 is 1.01. The lowest BCUT2D eigenvalue weighted by Crippen LogP contribution is -2.32. The van der Waals surface area contributed by atoms with Gasteiger partial charge in [0.15, 0.2) is 16.8 Å². The number of hydrogen-bond acceptors (Lipinski definition) is 5. The molecule has 1 fully saturated rings. The molecule has 1 aliphatic rings. The summed E-state index contributed by atoms with van der Waals surface area (Å²) in [6.45, 7) is 0.0116. The van der Waals surface area contributed by atoms with Crippen molar-refractivity contribution in [2.24, 2.45) is 0 Å². The standard InChI is InChI=1S/C14H11F2N3O3S/c15-7-5-9-10(6-8(7)16)23-14(17-9)18-11(20)3-4-19-12(21)1-2-13(19)22/h5-6H,1-4H2,(H,17,18,20). The van der Waals surface area contributed by atoms with Gasteiger partial charge in [0, 0.05) is 31.9 Å². The Bertz CT molecular complexity index is 766. The van der Waals surface area contributed by atoms with Crippen LogP contribution in [0.3, 0.4) is 0 Å². The number of likely N-dealkylation sites (tertiary alicyclic amines) is 1. The van der Waals surface area contributed by atoms with Crippen LogP contribution in [0.4, 0.5) is 13.9 Å². The van der Waals surface area contributed by atoms with E-state index in [4.69, 9.17) is 0 Å². The van der Waals surface area contributed by atoms with Crippen molar-refractivity contribution in [2.75, 3.05) is 11.9 Å². The highest BCUT2D eigenvalue weighted by molar-refractivity contribution is 7.22. The van der Waals surface area contributed by atoms with Crippen molar-refractivity contribution in [2.45, 2.75) is 19.3 Å². The normalized spacial score (nSPS) is 14.8. The molecule has 9 heteroatoms. The van der Waals surface area contributed by atoms with Crippen molar-refractivity contribution in [1.82, 2.24) is 9.88 Å². The number of hydrogen-bond donors (Lipinski definition) is 1. The summed E-state index contributed by atoms with van der Waals surface area (Å²) in [7, 11) is 0. The maximum atomic E-state index is 13.1. The Labute approximate surface area is 133 Å². The van der Waals surface area contributed by atoms with Gasteiger partial charge in [-0.15, -0.1) is 0 Å². The van der Waals surface area contributed by atoms with Crippen molar-refractivity contribution in [1.29, 1.82) is 0 Å². The number of aromatic nitrogens is 1. The zero-order valence-electron chi connectivity index (χ0n) is 11.8. The molecule has 0 atom stereocenters. The first kappa shape index (κ1) is 15.5. The Balaban J connectivity index is 1.64. The molecule has 0 unspecified atom stereocenters. The van der Waals surface area contributed by atoms with E-state index in [1.807, 2.05) is 0 Å². The van der Waals surface area contributed by atoms with Gasteiger partial charge in [-0.05, 0) is 6.07 Å². The van der Waals surface area contributed by atoms with Crippen LogP contribution in [0.2, 0.25) is 0 Å². The van der Waals surface area contributed by atoms with Gasteiger partial charge in [0.05, 0.1) is 10.2 Å². The summed E-state index contributed by atoms with van der Waals surface area (Å²) in [5, 5.41) is 2.70. The molecule has 1 aliphatic heterocycles. The predicted octanol–water partition coefficient (Wildman–Crippen LogP) is 2.05. The minimum Gasteiger partial charge on any atom is -0.302 e. The first-order valence-corrected chi connectivity index (χ1v) is 7.64. The molecule has 3 rings (SSSR count). The number of anilines is 1. The van der Waals surface area contributed by atoms with Gasteiger partial charge in [0.1, 0.15) is 0 Å². The van der Waals surface area contributed by atoms with Gasteiger partial charge in [0.25, 0.3) is 0 Å². The average molecular weight is 339 g/mol. The molecule has 1 aromatic carbocycles. The minimum absolute atomic E-state index is 0.0116. The van der Waals surface area contributed by atoms with Gasteiger partial charge in [-0.1, -0.05) is 11.3 Å². The summed E-state index contributed by atoms with van der Waals surface area (Å²) in [6.07, 6.45) is 0.293. The molecular formula is C14H11F2N3O3S. The van der Waals surface area contributed by atoms with Crippen molar-refractivity contribution in [3.05, 3.63) is 23.8 Å². The van der Waals surface area contributed by atoms with Gasteiger partial charge in [-0.2, -0.15) is 0 Å². The number of nitrogens with zero attached hydrogens (tertiary/aromatic N) is 2. The van der Waals surface area contributed by atoms with E-state index >= 15 is 0 Å². The van der Waals surface area contributed by atoms with Gasteiger partial charge >= 0.3 is 0 Å². The fourth-order valence-corrected chi connectivity index (χ4v) is 3.13. The van der Waals surface area contributed by atoms with Crippen LogP contribution in [-0.2, 0) is 14.4 Å². The monoisotopic (exact) mass is 339 g/mol. The lowest BCUT2D eigenvalue weighted by atomic mass is 10.3. The van der Waals surface area contributed by atoms with Crippen molar-refractivity contribution < 1.29 is 23.2 Å². The number of amides is 3. The first-order chi connectivity index (χ1) is 10.9. The molecule has 1 saturated heterocycles. The molecule has 0 radical (unpaired) electrons. The molecule has 2 aromatic rings. The Morgan fingerprint density at radius 1 is 1.22 bits per heavy atom. The second-order valence-corrected chi connectivity index (χ2v) is 6.02. The minimum atomic E-state index is -1.01. The van der Waals surface area contributed by atoms with Crippen LogP contribution in [-0.4, -0.2) is 34.2 Å². The van der Waals surface area contributed by atoms with Crippen LogP contribution in [0.1, 0.15) is 19.3 Å². The van der Waals surface area contributed by atoms with Crippen LogP contribution in [0.25, 0.3) is 10.2 Å². The zero-order chi connectivity index (χ0) is 16.6. The van der Waals surface area contributed by atoms with Crippen LogP contribution in [0.5, 0.6) is 0 Å². The summed E-state index contributed by atoms with van der Waals surface area (Å²) in [5.74, 6) is -2.99. The third-order valence-corrected chi connectivity index (χ3v) is 4.33. The molecule has 2 heterocycles. The van der Waals surface area contributed by atoms with E-state index in [1.54, 1.807) is 0 Å². The molecule has 0 saturated carbocycles. The van der Waals surface area contributed by atoms with E-state index in [2.05, 4.69) is 10.3 Å². The quantitative estimate of drug-likeness (QED) is 0.865. The van der Waals surface area contributed by atoms with Crippen molar-refractivity contribution >= 4 is 44.4 Å². The molecule has 120 valence electrons. The molecule has 0 spiro atoms. The summed E-state index contributed by atoms with van der Waals surface area (Å²) in [5.41, 5.74) is 0.245. The summed E-state index contributed by atoms with van der Waals surface area (Å²) < 4.78 is 26.7. The van der Waals surface area contributed by atoms with Gasteiger partial charge in [-0.25, -0.2) is 13.8 Å². The van der Waals surface area contributed by atoms with Crippen LogP contribution < -0.4 is 5.32 Å². The van der Waals surface area contributed by atoms with E-state index < -0.39 is 17.5 Å². The van der Waals surface area contributed by atoms with Crippen molar-refractivity contribution in [3.8, 4) is 0 Å². The van der Waals surface area contributed by atoms with Crippen molar-refractivity contribution in [3.63, 3.8) is 0 Å². The Kier molecular flexibility index (Phi) is 4.03. The smallest absolute Gasteiger partial charge is 0.229 e. The second kappa shape index (κ2) is 5.99. The summed E-state index contributed by atoms with van der Waals surface area (Å²) in [4.78, 5) is 39.8. The number of imide groups is 1. The van der Waals surface area contributed by atoms with E-state index in [1.165, 1.54) is 0 Å². The molecule has 0 bridgehead atoms. The lowest BCUT2D eigenvalue weighted by Gasteiger charge is -2.12. The molecule has 3 amide bonds. The van der Waals surface area contributed by atoms with E-state index in [-0.39, 0.29) is 48.3 Å². The Morgan fingerprint density at radius 2 is 1.87 bits per heavy atom. The predicted molar refractivity (Wildman–Crippen MR) is 78.7 cm³/mol. The number of nitrogens with one attached hydrogen (secondary N) is 1. The Morgan fingerprint density at radius 3 is 2.57 bits per heavy atom. The van der Waals surface area contributed by atoms with E-state index in [0.717, 1.165) is 28.4 Å². The van der Waals surface area contributed by atoms with E-state index in [9.17, 15) is 23.2 Å². The van der Waals surface area contributed by atoms with Crippen LogP contribution >= 0.6 is 11.3 Å². The number of carbonyl (C=O) groups excluding carboxylic acids is 3. The molecular weight excluding hydrogens is 328 g/mol. The zero-order valence-corrected chi connectivity index (χ0v) is 12.6. The highest BCUT2D eigenvalue weighted by Crippen LogP contribution is 2.27. The number of benzene rings is 1. The van der Waals surface area contributed by atoms with Gasteiger partial charge in [0.2, 0.25) is 17.7 Å². The molecule has 6 nitrogen and oxygen atoms in total. The number of carbonyl (C=O) groups is 3. The maximum absolute atomic E-state index is 13.1. The SMILES string of the molecule is O=C(CCN1C(=O)CCC1=O)Nc1nc2cc(F)c(F)cc2s1. The highest BCUT2D eigenvalue weighted by Gasteiger charge is 2.28. The fraction of sp³-hybridized carbons (Fsp3) is 0.286. The van der Waals surface area contributed by atoms with Gasteiger partial charge in [-0.3, -0.25) is 19.3 Å². The van der Waals surface area contributed by atoms with E-state index in [0.29, 0.717) is 4.70 Å². The number of halogens is 2. The number of rotatable bonds is 4. The molecule has 23 heavy (non-hydrogen) atoms.